The van der Waals surface area contributed by atoms with Crippen molar-refractivity contribution in [1.29, 1.82) is 0 Å². The molecule has 0 amide bonds. The maximum absolute atomic E-state index is 13.2. The van der Waals surface area contributed by atoms with Crippen LogP contribution in [0.3, 0.4) is 0 Å². The number of sulfone groups is 1. The van der Waals surface area contributed by atoms with Crippen molar-refractivity contribution < 1.29 is 22.7 Å². The summed E-state index contributed by atoms with van der Waals surface area (Å²) in [6.07, 6.45) is 6.66. The third-order valence-corrected chi connectivity index (χ3v) is 7.88. The highest BCUT2D eigenvalue weighted by Gasteiger charge is 2.55. The first-order valence-electron chi connectivity index (χ1n) is 9.72. The number of carbonyl (C=O) groups excluding carboxylic acids is 2. The molecule has 1 aromatic rings. The summed E-state index contributed by atoms with van der Waals surface area (Å²) in [4.78, 5) is 25.8. The highest BCUT2D eigenvalue weighted by Crippen LogP contribution is 2.60. The monoisotopic (exact) mass is 390 g/mol. The van der Waals surface area contributed by atoms with Gasteiger partial charge in [-0.1, -0.05) is 12.1 Å². The van der Waals surface area contributed by atoms with E-state index >= 15 is 0 Å². The smallest absolute Gasteiger partial charge is 0.340 e. The molecule has 0 radical (unpaired) electrons. The summed E-state index contributed by atoms with van der Waals surface area (Å²) in [7, 11) is -3.56. The minimum absolute atomic E-state index is 0.00911. The lowest BCUT2D eigenvalue weighted by atomic mass is 9.48. The lowest BCUT2D eigenvalue weighted by Gasteiger charge is -2.56. The van der Waals surface area contributed by atoms with Crippen LogP contribution in [0.5, 0.6) is 0 Å². The van der Waals surface area contributed by atoms with Crippen molar-refractivity contribution in [3.63, 3.8) is 0 Å². The van der Waals surface area contributed by atoms with Gasteiger partial charge in [0, 0.05) is 11.7 Å². The number of carbonyl (C=O) groups is 2. The van der Waals surface area contributed by atoms with Crippen LogP contribution in [0.2, 0.25) is 0 Å². The summed E-state index contributed by atoms with van der Waals surface area (Å²) < 4.78 is 29.3. The highest BCUT2D eigenvalue weighted by molar-refractivity contribution is 7.90. The Morgan fingerprint density at radius 2 is 1.56 bits per heavy atom. The van der Waals surface area contributed by atoms with Crippen LogP contribution >= 0.6 is 0 Å². The molecular formula is C21H26O5S. The van der Waals surface area contributed by atoms with E-state index in [0.29, 0.717) is 17.8 Å². The Hall–Kier alpha value is -1.69. The molecule has 4 aliphatic carbocycles. The molecule has 27 heavy (non-hydrogen) atoms. The molecule has 4 bridgehead atoms. The number of ketones is 1. The Labute approximate surface area is 160 Å². The van der Waals surface area contributed by atoms with E-state index in [9.17, 15) is 18.0 Å². The quantitative estimate of drug-likeness (QED) is 0.720. The second-order valence-electron chi connectivity index (χ2n) is 8.88. The van der Waals surface area contributed by atoms with E-state index in [1.165, 1.54) is 31.4 Å². The molecule has 1 aromatic carbocycles. The van der Waals surface area contributed by atoms with Gasteiger partial charge in [0.1, 0.15) is 0 Å². The van der Waals surface area contributed by atoms with E-state index in [0.717, 1.165) is 25.5 Å². The van der Waals surface area contributed by atoms with Crippen LogP contribution in [-0.4, -0.2) is 32.5 Å². The summed E-state index contributed by atoms with van der Waals surface area (Å²) in [5.74, 6) is 1.17. The molecule has 0 saturated heterocycles. The minimum Gasteiger partial charge on any atom is -0.451 e. The number of hydrogen-bond donors (Lipinski definition) is 0. The molecule has 0 unspecified atom stereocenters. The van der Waals surface area contributed by atoms with Gasteiger partial charge in [-0.3, -0.25) is 4.79 Å². The third kappa shape index (κ3) is 3.33. The van der Waals surface area contributed by atoms with Crippen LogP contribution in [0.1, 0.15) is 55.8 Å². The van der Waals surface area contributed by atoms with E-state index in [1.54, 1.807) is 19.1 Å². The molecule has 5 rings (SSSR count). The summed E-state index contributed by atoms with van der Waals surface area (Å²) >= 11 is 0. The first kappa shape index (κ1) is 18.7. The molecular weight excluding hydrogens is 364 g/mol. The van der Waals surface area contributed by atoms with Crippen molar-refractivity contribution in [1.82, 2.24) is 0 Å². The predicted octanol–water partition coefficient (Wildman–Crippen LogP) is 3.42. The molecule has 6 heteroatoms. The SMILES string of the molecule is C[C@H](OC(=O)c1ccccc1S(C)(=O)=O)C(=O)C12CC3CC(CC(C3)C1)C2. The zero-order chi connectivity index (χ0) is 19.4. The van der Waals surface area contributed by atoms with E-state index in [1.807, 2.05) is 0 Å². The first-order valence-corrected chi connectivity index (χ1v) is 11.6. The number of hydrogen-bond acceptors (Lipinski definition) is 5. The maximum atomic E-state index is 13.2. The average Bonchev–Trinajstić information content (AvgIpc) is 2.59. The van der Waals surface area contributed by atoms with Gasteiger partial charge in [-0.2, -0.15) is 0 Å². The van der Waals surface area contributed by atoms with Crippen LogP contribution in [0.15, 0.2) is 29.2 Å². The Morgan fingerprint density at radius 3 is 2.07 bits per heavy atom. The summed E-state index contributed by atoms with van der Waals surface area (Å²) in [6.45, 7) is 1.63. The van der Waals surface area contributed by atoms with Gasteiger partial charge in [0.05, 0.1) is 10.5 Å². The zero-order valence-electron chi connectivity index (χ0n) is 15.8. The molecule has 0 heterocycles. The van der Waals surface area contributed by atoms with Gasteiger partial charge in [-0.25, -0.2) is 13.2 Å². The molecule has 4 saturated carbocycles. The summed E-state index contributed by atoms with van der Waals surface area (Å²) in [5, 5.41) is 0. The minimum atomic E-state index is -3.56. The fourth-order valence-corrected chi connectivity index (χ4v) is 6.96. The number of rotatable bonds is 5. The molecule has 4 aliphatic rings. The van der Waals surface area contributed by atoms with Crippen molar-refractivity contribution >= 4 is 21.6 Å². The van der Waals surface area contributed by atoms with Crippen molar-refractivity contribution in [3.8, 4) is 0 Å². The topological polar surface area (TPSA) is 77.5 Å². The van der Waals surface area contributed by atoms with E-state index in [-0.39, 0.29) is 21.7 Å². The number of ether oxygens (including phenoxy) is 1. The zero-order valence-corrected chi connectivity index (χ0v) is 16.6. The Morgan fingerprint density at radius 1 is 1.04 bits per heavy atom. The molecule has 0 spiro atoms. The van der Waals surface area contributed by atoms with Gasteiger partial charge < -0.3 is 4.74 Å². The molecule has 0 aromatic heterocycles. The molecule has 0 aliphatic heterocycles. The van der Waals surface area contributed by atoms with Gasteiger partial charge in [0.15, 0.2) is 21.7 Å². The van der Waals surface area contributed by atoms with Crippen LogP contribution in [0.4, 0.5) is 0 Å². The number of Topliss-reactive ketones (excluding diaryl/α,β-unsaturated/α-hetero) is 1. The van der Waals surface area contributed by atoms with Crippen molar-refractivity contribution in [2.24, 2.45) is 23.2 Å². The Bertz CT molecular complexity index is 850. The molecule has 5 nitrogen and oxygen atoms in total. The van der Waals surface area contributed by atoms with Gasteiger partial charge in [0.2, 0.25) is 0 Å². The molecule has 1 atom stereocenters. The van der Waals surface area contributed by atoms with Crippen LogP contribution in [0.25, 0.3) is 0 Å². The normalized spacial score (nSPS) is 32.9. The predicted molar refractivity (Wildman–Crippen MR) is 100 cm³/mol. The van der Waals surface area contributed by atoms with Gasteiger partial charge in [0.25, 0.3) is 0 Å². The van der Waals surface area contributed by atoms with Crippen LogP contribution in [-0.2, 0) is 19.4 Å². The highest BCUT2D eigenvalue weighted by atomic mass is 32.2. The second-order valence-corrected chi connectivity index (χ2v) is 10.9. The van der Waals surface area contributed by atoms with E-state index < -0.39 is 21.9 Å². The molecule has 4 fully saturated rings. The second kappa shape index (κ2) is 6.43. The van der Waals surface area contributed by atoms with E-state index in [2.05, 4.69) is 0 Å². The standard InChI is InChI=1S/C21H26O5S/c1-13(26-20(23)17-5-3-4-6-18(17)27(2,24)25)19(22)21-10-14-7-15(11-21)9-16(8-14)12-21/h3-6,13-16H,7-12H2,1-2H3/t13-,14?,15?,16?,21?/m0/s1. The Balaban J connectivity index is 1.52. The van der Waals surface area contributed by atoms with Crippen molar-refractivity contribution in [2.45, 2.75) is 56.4 Å². The van der Waals surface area contributed by atoms with Crippen LogP contribution in [0, 0.1) is 23.2 Å². The van der Waals surface area contributed by atoms with Gasteiger partial charge in [-0.15, -0.1) is 0 Å². The van der Waals surface area contributed by atoms with E-state index in [4.69, 9.17) is 4.74 Å². The number of esters is 1. The fraction of sp³-hybridized carbons (Fsp3) is 0.619. The number of benzene rings is 1. The molecule has 146 valence electrons. The lowest BCUT2D eigenvalue weighted by Crippen LogP contribution is -2.52. The molecule has 0 N–H and O–H groups in total. The average molecular weight is 391 g/mol. The maximum Gasteiger partial charge on any atom is 0.340 e. The summed E-state index contributed by atoms with van der Waals surface area (Å²) in [5.41, 5.74) is -0.352. The Kier molecular flexibility index (Phi) is 4.45. The summed E-state index contributed by atoms with van der Waals surface area (Å²) in [6, 6.07) is 5.98. The fourth-order valence-electron chi connectivity index (χ4n) is 6.08. The largest absolute Gasteiger partial charge is 0.451 e. The lowest BCUT2D eigenvalue weighted by molar-refractivity contribution is -0.152. The third-order valence-electron chi connectivity index (χ3n) is 6.72. The van der Waals surface area contributed by atoms with Gasteiger partial charge in [-0.05, 0) is 75.3 Å². The first-order chi connectivity index (χ1) is 12.7. The van der Waals surface area contributed by atoms with Gasteiger partial charge >= 0.3 is 5.97 Å². The van der Waals surface area contributed by atoms with Crippen molar-refractivity contribution in [3.05, 3.63) is 29.8 Å². The van der Waals surface area contributed by atoms with Crippen molar-refractivity contribution in [2.75, 3.05) is 6.26 Å². The van der Waals surface area contributed by atoms with Crippen LogP contribution < -0.4 is 0 Å².